The Morgan fingerprint density at radius 3 is 2.87 bits per heavy atom. The molecule has 0 aliphatic carbocycles. The number of aromatic nitrogens is 1. The number of rotatable bonds is 8. The molecule has 1 N–H and O–H groups in total. The largest absolute Gasteiger partial charge is 0.459 e. The molecule has 0 saturated carbocycles. The summed E-state index contributed by atoms with van der Waals surface area (Å²) in [5, 5.41) is 15.1. The third-order valence-electron chi connectivity index (χ3n) is 5.21. The van der Waals surface area contributed by atoms with Crippen LogP contribution < -0.4 is 5.32 Å². The molecule has 4 rings (SSSR count). The van der Waals surface area contributed by atoms with Gasteiger partial charge in [0.25, 0.3) is 5.69 Å². The van der Waals surface area contributed by atoms with Gasteiger partial charge in [0.1, 0.15) is 17.6 Å². The van der Waals surface area contributed by atoms with Crippen molar-refractivity contribution >= 4 is 23.0 Å². The second-order valence-electron chi connectivity index (χ2n) is 7.18. The monoisotopic (exact) mass is 438 g/mol. The molecule has 2 aromatic heterocycles. The maximum Gasteiger partial charge on any atom is 0.270 e. The predicted molar refractivity (Wildman–Crippen MR) is 119 cm³/mol. The fraction of sp³-hybridized carbons (Fsp3) is 0.273. The molecular weight excluding hydrogens is 416 g/mol. The molecule has 2 atom stereocenters. The number of benzene rings is 1. The normalized spacial score (nSPS) is 18.2. The number of furan rings is 1. The molecule has 0 amide bonds. The van der Waals surface area contributed by atoms with E-state index in [9.17, 15) is 10.1 Å². The molecule has 1 aromatic carbocycles. The van der Waals surface area contributed by atoms with Gasteiger partial charge in [-0.25, -0.2) is 0 Å². The average Bonchev–Trinajstić information content (AvgIpc) is 3.39. The van der Waals surface area contributed by atoms with E-state index in [1.54, 1.807) is 25.4 Å². The first-order valence-electron chi connectivity index (χ1n) is 9.90. The molecule has 1 saturated heterocycles. The highest BCUT2D eigenvalue weighted by atomic mass is 32.1. The van der Waals surface area contributed by atoms with E-state index >= 15 is 0 Å². The lowest BCUT2D eigenvalue weighted by molar-refractivity contribution is -0.384. The van der Waals surface area contributed by atoms with E-state index < -0.39 is 4.92 Å². The molecule has 3 heterocycles. The molecule has 1 aliphatic heterocycles. The summed E-state index contributed by atoms with van der Waals surface area (Å²) >= 11 is 5.62. The lowest BCUT2D eigenvalue weighted by Gasteiger charge is -2.25. The van der Waals surface area contributed by atoms with Crippen LogP contribution in [-0.4, -0.2) is 40.2 Å². The summed E-state index contributed by atoms with van der Waals surface area (Å²) in [6, 6.07) is 15.5. The second-order valence-corrected chi connectivity index (χ2v) is 7.56. The molecule has 160 valence electrons. The van der Waals surface area contributed by atoms with E-state index in [2.05, 4.69) is 15.2 Å². The van der Waals surface area contributed by atoms with Crippen LogP contribution in [0.3, 0.4) is 0 Å². The van der Waals surface area contributed by atoms with Crippen molar-refractivity contribution in [3.05, 3.63) is 82.4 Å². The molecule has 3 aromatic rings. The van der Waals surface area contributed by atoms with Crippen molar-refractivity contribution in [2.75, 3.05) is 20.3 Å². The highest BCUT2D eigenvalue weighted by Gasteiger charge is 2.41. The Balaban J connectivity index is 1.68. The number of ether oxygens (including phenoxy) is 1. The van der Waals surface area contributed by atoms with Gasteiger partial charge < -0.3 is 19.4 Å². The number of hydrogen-bond donors (Lipinski definition) is 1. The standard InChI is InChI=1S/C22H22N4O4S/c1-29-13-5-12-25-21(20(24-22(25)31)17-8-2-3-11-23-17)19-10-9-18(30-19)15-6-4-7-16(14-15)26(27)28/h2-4,6-11,14,20-21H,5,12-13H2,1H3,(H,24,31)/t20-,21+/m1/s1. The van der Waals surface area contributed by atoms with Gasteiger partial charge in [-0.2, -0.15) is 0 Å². The molecule has 0 radical (unpaired) electrons. The van der Waals surface area contributed by atoms with E-state index in [0.29, 0.717) is 35.3 Å². The Hall–Kier alpha value is -3.30. The molecule has 31 heavy (non-hydrogen) atoms. The van der Waals surface area contributed by atoms with Crippen LogP contribution in [-0.2, 0) is 4.74 Å². The topological polar surface area (TPSA) is 93.7 Å². The summed E-state index contributed by atoms with van der Waals surface area (Å²) in [5.41, 5.74) is 1.53. The van der Waals surface area contributed by atoms with Crippen molar-refractivity contribution in [1.82, 2.24) is 15.2 Å². The summed E-state index contributed by atoms with van der Waals surface area (Å²) < 4.78 is 11.4. The summed E-state index contributed by atoms with van der Waals surface area (Å²) in [5.74, 6) is 1.27. The van der Waals surface area contributed by atoms with Crippen LogP contribution in [0, 0.1) is 10.1 Å². The smallest absolute Gasteiger partial charge is 0.270 e. The number of nitrogens with zero attached hydrogens (tertiary/aromatic N) is 3. The van der Waals surface area contributed by atoms with Gasteiger partial charge in [-0.15, -0.1) is 0 Å². The maximum atomic E-state index is 11.1. The zero-order chi connectivity index (χ0) is 21.8. The lowest BCUT2D eigenvalue weighted by atomic mass is 10.0. The van der Waals surface area contributed by atoms with Crippen LogP contribution in [0.4, 0.5) is 5.69 Å². The Bertz CT molecular complexity index is 1070. The molecule has 1 aliphatic rings. The van der Waals surface area contributed by atoms with E-state index in [-0.39, 0.29) is 17.8 Å². The third kappa shape index (κ3) is 4.42. The predicted octanol–water partition coefficient (Wildman–Crippen LogP) is 4.26. The van der Waals surface area contributed by atoms with Gasteiger partial charge in [-0.05, 0) is 42.9 Å². The van der Waals surface area contributed by atoms with Crippen LogP contribution in [0.25, 0.3) is 11.3 Å². The van der Waals surface area contributed by atoms with Crippen LogP contribution in [0.2, 0.25) is 0 Å². The fourth-order valence-corrected chi connectivity index (χ4v) is 4.11. The molecule has 0 bridgehead atoms. The molecule has 0 unspecified atom stereocenters. The van der Waals surface area contributed by atoms with Crippen molar-refractivity contribution in [2.24, 2.45) is 0 Å². The van der Waals surface area contributed by atoms with Crippen molar-refractivity contribution < 1.29 is 14.1 Å². The fourth-order valence-electron chi connectivity index (χ4n) is 3.77. The quantitative estimate of drug-likeness (QED) is 0.241. The summed E-state index contributed by atoms with van der Waals surface area (Å²) in [7, 11) is 1.67. The zero-order valence-corrected chi connectivity index (χ0v) is 17.7. The third-order valence-corrected chi connectivity index (χ3v) is 5.56. The number of nitro benzene ring substituents is 1. The number of hydrogen-bond acceptors (Lipinski definition) is 6. The number of pyridine rings is 1. The Morgan fingerprint density at radius 2 is 2.13 bits per heavy atom. The Kier molecular flexibility index (Phi) is 6.24. The summed E-state index contributed by atoms with van der Waals surface area (Å²) in [6.45, 7) is 1.32. The minimum absolute atomic E-state index is 0.0201. The van der Waals surface area contributed by atoms with Crippen LogP contribution in [0.5, 0.6) is 0 Å². The number of methoxy groups -OCH3 is 1. The minimum atomic E-state index is -0.415. The molecule has 8 nitrogen and oxygen atoms in total. The summed E-state index contributed by atoms with van der Waals surface area (Å²) in [4.78, 5) is 17.3. The van der Waals surface area contributed by atoms with Gasteiger partial charge in [0.05, 0.1) is 16.7 Å². The first kappa shape index (κ1) is 21.0. The maximum absolute atomic E-state index is 11.1. The first-order chi connectivity index (χ1) is 15.1. The van der Waals surface area contributed by atoms with Crippen molar-refractivity contribution in [1.29, 1.82) is 0 Å². The first-order valence-corrected chi connectivity index (χ1v) is 10.3. The van der Waals surface area contributed by atoms with E-state index in [0.717, 1.165) is 12.1 Å². The van der Waals surface area contributed by atoms with Crippen molar-refractivity contribution in [3.63, 3.8) is 0 Å². The van der Waals surface area contributed by atoms with Gasteiger partial charge in [0.15, 0.2) is 5.11 Å². The van der Waals surface area contributed by atoms with Crippen molar-refractivity contribution in [2.45, 2.75) is 18.5 Å². The van der Waals surface area contributed by atoms with Crippen molar-refractivity contribution in [3.8, 4) is 11.3 Å². The second kappa shape index (κ2) is 9.23. The highest BCUT2D eigenvalue weighted by Crippen LogP contribution is 2.40. The molecular formula is C22H22N4O4S. The Morgan fingerprint density at radius 1 is 1.26 bits per heavy atom. The summed E-state index contributed by atoms with van der Waals surface area (Å²) in [6.07, 6.45) is 2.56. The van der Waals surface area contributed by atoms with Gasteiger partial charge >= 0.3 is 0 Å². The van der Waals surface area contributed by atoms with E-state index in [4.69, 9.17) is 21.4 Å². The number of nitro groups is 1. The van der Waals surface area contributed by atoms with E-state index in [1.807, 2.05) is 30.3 Å². The number of nitrogens with one attached hydrogen (secondary N) is 1. The van der Waals surface area contributed by atoms with Crippen LogP contribution in [0.15, 0.2) is 65.2 Å². The van der Waals surface area contributed by atoms with Crippen LogP contribution >= 0.6 is 12.2 Å². The van der Waals surface area contributed by atoms with Crippen LogP contribution in [0.1, 0.15) is 30.0 Å². The number of thiocarbonyl (C=S) groups is 1. The van der Waals surface area contributed by atoms with E-state index in [1.165, 1.54) is 12.1 Å². The zero-order valence-electron chi connectivity index (χ0n) is 16.9. The Labute approximate surface area is 185 Å². The minimum Gasteiger partial charge on any atom is -0.459 e. The lowest BCUT2D eigenvalue weighted by Crippen LogP contribution is -2.31. The molecule has 1 fully saturated rings. The molecule has 0 spiro atoms. The molecule has 9 heteroatoms. The number of non-ortho nitro benzene ring substituents is 1. The SMILES string of the molecule is COCCCN1C(=S)N[C@H](c2ccccn2)[C@@H]1c1ccc(-c2cccc([N+](=O)[O-])c2)o1. The van der Waals surface area contributed by atoms with Gasteiger partial charge in [0, 0.05) is 44.2 Å². The van der Waals surface area contributed by atoms with Gasteiger partial charge in [0.2, 0.25) is 0 Å². The highest BCUT2D eigenvalue weighted by molar-refractivity contribution is 7.80. The van der Waals surface area contributed by atoms with Gasteiger partial charge in [-0.3, -0.25) is 15.1 Å². The average molecular weight is 439 g/mol. The van der Waals surface area contributed by atoms with Gasteiger partial charge in [-0.1, -0.05) is 18.2 Å².